The Hall–Kier alpha value is -0.610. The van der Waals surface area contributed by atoms with Crippen molar-refractivity contribution in [2.24, 2.45) is 5.92 Å². The Balaban J connectivity index is 1.95. The molecule has 2 aliphatic heterocycles. The highest BCUT2D eigenvalue weighted by atomic mass is 16.5. The van der Waals surface area contributed by atoms with Crippen LogP contribution in [-0.2, 0) is 9.53 Å². The largest absolute Gasteiger partial charge is 0.394 e. The molecule has 0 aliphatic carbocycles. The average Bonchev–Trinajstić information content (AvgIpc) is 2.87. The van der Waals surface area contributed by atoms with E-state index < -0.39 is 0 Å². The Morgan fingerprint density at radius 2 is 2.36 bits per heavy atom. The quantitative estimate of drug-likeness (QED) is 0.681. The van der Waals surface area contributed by atoms with E-state index >= 15 is 0 Å². The summed E-state index contributed by atoms with van der Waals surface area (Å²) in [5.74, 6) is 0.223. The smallest absolute Gasteiger partial charge is 0.228 e. The Labute approximate surface area is 83.8 Å². The van der Waals surface area contributed by atoms with Gasteiger partial charge in [0, 0.05) is 13.2 Å². The Morgan fingerprint density at radius 3 is 3.00 bits per heavy atom. The minimum absolute atomic E-state index is 0.0437. The lowest BCUT2D eigenvalue weighted by Crippen LogP contribution is -2.41. The molecule has 1 amide bonds. The van der Waals surface area contributed by atoms with Crippen LogP contribution in [0.2, 0.25) is 0 Å². The molecule has 2 fully saturated rings. The van der Waals surface area contributed by atoms with Crippen LogP contribution in [0.3, 0.4) is 0 Å². The maximum Gasteiger partial charge on any atom is 0.228 e. The third-order valence-corrected chi connectivity index (χ3v) is 3.15. The minimum Gasteiger partial charge on any atom is -0.394 e. The highest BCUT2D eigenvalue weighted by molar-refractivity contribution is 5.79. The SMILES string of the molecule is O=C(C1CCOC1)N1CCC[C@@H]1CO. The summed E-state index contributed by atoms with van der Waals surface area (Å²) in [6.45, 7) is 2.17. The lowest BCUT2D eigenvalue weighted by molar-refractivity contribution is -0.137. The second-order valence-electron chi connectivity index (χ2n) is 4.07. The molecule has 80 valence electrons. The number of hydrogen-bond donors (Lipinski definition) is 1. The summed E-state index contributed by atoms with van der Waals surface area (Å²) in [6, 6.07) is 0.0584. The van der Waals surface area contributed by atoms with E-state index in [1.807, 2.05) is 4.90 Å². The molecule has 2 heterocycles. The van der Waals surface area contributed by atoms with E-state index in [9.17, 15) is 4.79 Å². The molecule has 2 atom stereocenters. The van der Waals surface area contributed by atoms with Crippen molar-refractivity contribution in [3.05, 3.63) is 0 Å². The van der Waals surface area contributed by atoms with Crippen molar-refractivity contribution in [2.75, 3.05) is 26.4 Å². The molecule has 0 aromatic rings. The zero-order chi connectivity index (χ0) is 9.97. The van der Waals surface area contributed by atoms with E-state index in [1.165, 1.54) is 0 Å². The van der Waals surface area contributed by atoms with E-state index in [0.717, 1.165) is 25.8 Å². The van der Waals surface area contributed by atoms with Gasteiger partial charge in [-0.05, 0) is 19.3 Å². The van der Waals surface area contributed by atoms with Crippen molar-refractivity contribution in [3.8, 4) is 0 Å². The van der Waals surface area contributed by atoms with E-state index in [4.69, 9.17) is 9.84 Å². The van der Waals surface area contributed by atoms with E-state index in [2.05, 4.69) is 0 Å². The van der Waals surface area contributed by atoms with Gasteiger partial charge in [0.2, 0.25) is 5.91 Å². The first kappa shape index (κ1) is 9.93. The number of nitrogens with zero attached hydrogens (tertiary/aromatic N) is 1. The molecule has 2 saturated heterocycles. The number of hydrogen-bond acceptors (Lipinski definition) is 3. The van der Waals surface area contributed by atoms with Gasteiger partial charge in [0.05, 0.1) is 25.2 Å². The van der Waals surface area contributed by atoms with Crippen molar-refractivity contribution in [3.63, 3.8) is 0 Å². The van der Waals surface area contributed by atoms with Gasteiger partial charge in [0.25, 0.3) is 0 Å². The molecule has 1 N–H and O–H groups in total. The van der Waals surface area contributed by atoms with Crippen molar-refractivity contribution < 1.29 is 14.6 Å². The molecule has 2 aliphatic rings. The van der Waals surface area contributed by atoms with Crippen LogP contribution >= 0.6 is 0 Å². The number of amides is 1. The van der Waals surface area contributed by atoms with Gasteiger partial charge >= 0.3 is 0 Å². The molecule has 4 heteroatoms. The zero-order valence-electron chi connectivity index (χ0n) is 8.32. The van der Waals surface area contributed by atoms with Crippen LogP contribution in [0.25, 0.3) is 0 Å². The van der Waals surface area contributed by atoms with E-state index in [-0.39, 0.29) is 24.5 Å². The van der Waals surface area contributed by atoms with Gasteiger partial charge in [-0.25, -0.2) is 0 Å². The average molecular weight is 199 g/mol. The highest BCUT2D eigenvalue weighted by Gasteiger charge is 2.34. The van der Waals surface area contributed by atoms with Crippen molar-refractivity contribution in [2.45, 2.75) is 25.3 Å². The first-order chi connectivity index (χ1) is 6.83. The fourth-order valence-corrected chi connectivity index (χ4v) is 2.28. The summed E-state index contributed by atoms with van der Waals surface area (Å²) in [5, 5.41) is 9.10. The van der Waals surface area contributed by atoms with E-state index in [1.54, 1.807) is 0 Å². The molecule has 0 radical (unpaired) electrons. The minimum atomic E-state index is 0.0437. The van der Waals surface area contributed by atoms with Gasteiger partial charge in [-0.1, -0.05) is 0 Å². The van der Waals surface area contributed by atoms with Crippen LogP contribution in [0.15, 0.2) is 0 Å². The van der Waals surface area contributed by atoms with Crippen molar-refractivity contribution in [1.29, 1.82) is 0 Å². The standard InChI is InChI=1S/C10H17NO3/c12-6-9-2-1-4-11(9)10(13)8-3-5-14-7-8/h8-9,12H,1-7H2/t8?,9-/m1/s1. The molecular weight excluding hydrogens is 182 g/mol. The third kappa shape index (κ3) is 1.77. The molecule has 0 spiro atoms. The Bertz CT molecular complexity index is 213. The summed E-state index contributed by atoms with van der Waals surface area (Å²) in [6.07, 6.45) is 2.80. The third-order valence-electron chi connectivity index (χ3n) is 3.15. The maximum atomic E-state index is 12.0. The Kier molecular flexibility index (Phi) is 3.03. The van der Waals surface area contributed by atoms with Crippen LogP contribution in [-0.4, -0.2) is 48.3 Å². The number of likely N-dealkylation sites (tertiary alicyclic amines) is 1. The van der Waals surface area contributed by atoms with Crippen LogP contribution in [0.4, 0.5) is 0 Å². The van der Waals surface area contributed by atoms with Gasteiger partial charge in [-0.15, -0.1) is 0 Å². The van der Waals surface area contributed by atoms with Gasteiger partial charge in [0.15, 0.2) is 0 Å². The highest BCUT2D eigenvalue weighted by Crippen LogP contribution is 2.22. The number of ether oxygens (including phenoxy) is 1. The number of aliphatic hydroxyl groups excluding tert-OH is 1. The molecule has 4 nitrogen and oxygen atoms in total. The predicted molar refractivity (Wildman–Crippen MR) is 50.7 cm³/mol. The number of rotatable bonds is 2. The summed E-state index contributed by atoms with van der Waals surface area (Å²) in [7, 11) is 0. The molecular formula is C10H17NO3. The van der Waals surface area contributed by atoms with Gasteiger partial charge in [0.1, 0.15) is 0 Å². The molecule has 0 bridgehead atoms. The topological polar surface area (TPSA) is 49.8 Å². The fourth-order valence-electron chi connectivity index (χ4n) is 2.28. The predicted octanol–water partition coefficient (Wildman–Crippen LogP) is 0.00620. The molecule has 14 heavy (non-hydrogen) atoms. The maximum absolute atomic E-state index is 12.0. The van der Waals surface area contributed by atoms with Crippen LogP contribution < -0.4 is 0 Å². The second kappa shape index (κ2) is 4.28. The van der Waals surface area contributed by atoms with Crippen LogP contribution in [0.5, 0.6) is 0 Å². The number of carbonyl (C=O) groups excluding carboxylic acids is 1. The summed E-state index contributed by atoms with van der Waals surface area (Å²) in [4.78, 5) is 13.8. The Morgan fingerprint density at radius 1 is 1.50 bits per heavy atom. The van der Waals surface area contributed by atoms with Crippen LogP contribution in [0, 0.1) is 5.92 Å². The summed E-state index contributed by atoms with van der Waals surface area (Å²) >= 11 is 0. The van der Waals surface area contributed by atoms with Gasteiger partial charge in [-0.3, -0.25) is 4.79 Å². The summed E-state index contributed by atoms with van der Waals surface area (Å²) < 4.78 is 5.20. The number of carbonyl (C=O) groups is 1. The first-order valence-corrected chi connectivity index (χ1v) is 5.32. The van der Waals surface area contributed by atoms with Gasteiger partial charge in [-0.2, -0.15) is 0 Å². The van der Waals surface area contributed by atoms with Crippen LogP contribution in [0.1, 0.15) is 19.3 Å². The lowest BCUT2D eigenvalue weighted by atomic mass is 10.1. The van der Waals surface area contributed by atoms with E-state index in [0.29, 0.717) is 13.2 Å². The molecule has 1 unspecified atom stereocenters. The monoisotopic (exact) mass is 199 g/mol. The normalized spacial score (nSPS) is 32.5. The lowest BCUT2D eigenvalue weighted by Gasteiger charge is -2.25. The zero-order valence-corrected chi connectivity index (χ0v) is 8.32. The number of aliphatic hydroxyl groups is 1. The first-order valence-electron chi connectivity index (χ1n) is 5.32. The molecule has 0 aromatic heterocycles. The van der Waals surface area contributed by atoms with Gasteiger partial charge < -0.3 is 14.7 Å². The molecule has 0 aromatic carbocycles. The molecule has 0 saturated carbocycles. The second-order valence-corrected chi connectivity index (χ2v) is 4.07. The fraction of sp³-hybridized carbons (Fsp3) is 0.900. The van der Waals surface area contributed by atoms with Crippen molar-refractivity contribution in [1.82, 2.24) is 4.90 Å². The summed E-state index contributed by atoms with van der Waals surface area (Å²) in [5.41, 5.74) is 0. The van der Waals surface area contributed by atoms with Crippen molar-refractivity contribution >= 4 is 5.91 Å². The molecule has 2 rings (SSSR count).